The second kappa shape index (κ2) is 7.50. The van der Waals surface area contributed by atoms with Crippen LogP contribution in [0.3, 0.4) is 0 Å². The largest absolute Gasteiger partial charge is 0.493 e. The molecule has 5 aromatic rings. The Morgan fingerprint density at radius 3 is 2.45 bits per heavy atom. The van der Waals surface area contributed by atoms with E-state index in [4.69, 9.17) is 4.98 Å². The average Bonchev–Trinajstić information content (AvgIpc) is 3.12. The number of nitrogens with one attached hydrogen (secondary N) is 1. The fourth-order valence-corrected chi connectivity index (χ4v) is 3.59. The third-order valence-corrected chi connectivity index (χ3v) is 5.19. The predicted octanol–water partition coefficient (Wildman–Crippen LogP) is 6.32. The number of azo groups is 1. The Kier molecular flexibility index (Phi) is 4.52. The maximum Gasteiger partial charge on any atom is 0.296 e. The number of aromatic hydroxyl groups is 1. The number of amides is 1. The molecule has 0 aliphatic rings. The van der Waals surface area contributed by atoms with E-state index in [0.717, 1.165) is 16.6 Å². The summed E-state index contributed by atoms with van der Waals surface area (Å²) in [7, 11) is 0. The summed E-state index contributed by atoms with van der Waals surface area (Å²) in [5.41, 5.74) is 4.81. The lowest BCUT2D eigenvalue weighted by molar-refractivity contribution is 0.0996. The third kappa shape index (κ3) is 3.44. The second-order valence-electron chi connectivity index (χ2n) is 7.31. The molecule has 0 radical (unpaired) electrons. The zero-order valence-corrected chi connectivity index (χ0v) is 16.7. The number of rotatable bonds is 3. The molecule has 1 amide bonds. The molecule has 0 saturated carbocycles. The van der Waals surface area contributed by atoms with Gasteiger partial charge in [0, 0.05) is 16.3 Å². The van der Waals surface area contributed by atoms with E-state index in [1.165, 1.54) is 0 Å². The minimum absolute atomic E-state index is 0.127. The van der Waals surface area contributed by atoms with Crippen molar-refractivity contribution in [3.63, 3.8) is 0 Å². The Labute approximate surface area is 177 Å². The van der Waals surface area contributed by atoms with Crippen LogP contribution in [0.5, 0.6) is 5.88 Å². The maximum absolute atomic E-state index is 13.1. The van der Waals surface area contributed by atoms with Crippen molar-refractivity contribution in [3.05, 3.63) is 90.0 Å². The molecule has 31 heavy (non-hydrogen) atoms. The quantitative estimate of drug-likeness (QED) is 0.343. The highest BCUT2D eigenvalue weighted by Gasteiger charge is 2.15. The van der Waals surface area contributed by atoms with Crippen LogP contribution in [0.25, 0.3) is 33.1 Å². The third-order valence-electron chi connectivity index (χ3n) is 5.19. The van der Waals surface area contributed by atoms with Crippen molar-refractivity contribution in [1.29, 1.82) is 0 Å². The Balaban J connectivity index is 1.60. The van der Waals surface area contributed by atoms with Crippen LogP contribution in [0.1, 0.15) is 15.9 Å². The molecule has 0 aliphatic carbocycles. The molecule has 5 rings (SSSR count). The van der Waals surface area contributed by atoms with E-state index in [2.05, 4.69) is 15.2 Å². The first-order valence-electron chi connectivity index (χ1n) is 9.83. The summed E-state index contributed by atoms with van der Waals surface area (Å²) in [5.74, 6) is -0.630. The molecule has 0 bridgehead atoms. The van der Waals surface area contributed by atoms with Gasteiger partial charge in [0.05, 0.1) is 22.3 Å². The molecule has 2 aromatic heterocycles. The summed E-state index contributed by atoms with van der Waals surface area (Å²) >= 11 is 0. The van der Waals surface area contributed by atoms with Crippen LogP contribution >= 0.6 is 0 Å². The first kappa shape index (κ1) is 18.7. The van der Waals surface area contributed by atoms with Crippen molar-refractivity contribution in [2.45, 2.75) is 6.92 Å². The topological polar surface area (TPSA) is 90.7 Å². The molecule has 6 nitrogen and oxygen atoms in total. The van der Waals surface area contributed by atoms with E-state index in [1.807, 2.05) is 79.7 Å². The van der Waals surface area contributed by atoms with Crippen LogP contribution in [-0.4, -0.2) is 21.0 Å². The molecule has 2 N–H and O–H groups in total. The van der Waals surface area contributed by atoms with Gasteiger partial charge in [-0.25, -0.2) is 4.98 Å². The standard InChI is InChI=1S/C25H18N4O2/c1-15-10-12-16(13-11-15)22-14-19(17-6-2-4-8-20(17)26-22)24(30)29-28-23-18-7-3-5-9-21(18)27-25(23)31/h2-14,27,31H,1H3. The molecular formula is C25H18N4O2. The van der Waals surface area contributed by atoms with Gasteiger partial charge in [-0.1, -0.05) is 66.2 Å². The summed E-state index contributed by atoms with van der Waals surface area (Å²) in [6, 6.07) is 24.5. The maximum atomic E-state index is 13.1. The summed E-state index contributed by atoms with van der Waals surface area (Å²) in [5, 5.41) is 19.6. The molecule has 2 heterocycles. The summed E-state index contributed by atoms with van der Waals surface area (Å²) < 4.78 is 0. The van der Waals surface area contributed by atoms with Crippen molar-refractivity contribution in [3.8, 4) is 17.1 Å². The first-order chi connectivity index (χ1) is 15.1. The van der Waals surface area contributed by atoms with Gasteiger partial charge in [-0.05, 0) is 25.1 Å². The minimum atomic E-state index is -0.503. The summed E-state index contributed by atoms with van der Waals surface area (Å²) in [4.78, 5) is 20.6. The fraction of sp³-hybridized carbons (Fsp3) is 0.0400. The van der Waals surface area contributed by atoms with E-state index in [-0.39, 0.29) is 11.6 Å². The molecule has 0 fully saturated rings. The molecule has 3 aromatic carbocycles. The molecule has 150 valence electrons. The highest BCUT2D eigenvalue weighted by Crippen LogP contribution is 2.35. The number of pyridine rings is 1. The van der Waals surface area contributed by atoms with Crippen LogP contribution in [0.15, 0.2) is 89.1 Å². The van der Waals surface area contributed by atoms with Gasteiger partial charge in [0.1, 0.15) is 0 Å². The number of para-hydroxylation sites is 2. The van der Waals surface area contributed by atoms with Crippen molar-refractivity contribution >= 4 is 33.4 Å². The number of fused-ring (bicyclic) bond motifs is 2. The lowest BCUT2D eigenvalue weighted by atomic mass is 10.0. The van der Waals surface area contributed by atoms with Crippen LogP contribution in [0, 0.1) is 6.92 Å². The molecule has 0 saturated heterocycles. The molecular weight excluding hydrogens is 388 g/mol. The molecule has 6 heteroatoms. The zero-order chi connectivity index (χ0) is 21.4. The number of aromatic nitrogens is 2. The van der Waals surface area contributed by atoms with Crippen LogP contribution in [0.4, 0.5) is 5.69 Å². The van der Waals surface area contributed by atoms with Crippen molar-refractivity contribution in [2.24, 2.45) is 10.2 Å². The number of hydrogen-bond donors (Lipinski definition) is 2. The highest BCUT2D eigenvalue weighted by atomic mass is 16.3. The van der Waals surface area contributed by atoms with Gasteiger partial charge in [0.25, 0.3) is 5.91 Å². The SMILES string of the molecule is Cc1ccc(-c2cc(C(=O)N=Nc3c(O)[nH]c4ccccc34)c3ccccc3n2)cc1. The number of carbonyl (C=O) groups excluding carboxylic acids is 1. The number of H-pyrrole nitrogens is 1. The lowest BCUT2D eigenvalue weighted by Crippen LogP contribution is -1.99. The Morgan fingerprint density at radius 2 is 1.65 bits per heavy atom. The highest BCUT2D eigenvalue weighted by molar-refractivity contribution is 6.07. The van der Waals surface area contributed by atoms with Crippen LogP contribution in [0.2, 0.25) is 0 Å². The van der Waals surface area contributed by atoms with Gasteiger partial charge in [-0.3, -0.25) is 4.79 Å². The van der Waals surface area contributed by atoms with Gasteiger partial charge in [0.15, 0.2) is 5.69 Å². The smallest absolute Gasteiger partial charge is 0.296 e. The lowest BCUT2D eigenvalue weighted by Gasteiger charge is -2.07. The predicted molar refractivity (Wildman–Crippen MR) is 121 cm³/mol. The minimum Gasteiger partial charge on any atom is -0.493 e. The summed E-state index contributed by atoms with van der Waals surface area (Å²) in [6.45, 7) is 2.02. The number of nitrogens with zero attached hydrogens (tertiary/aromatic N) is 3. The summed E-state index contributed by atoms with van der Waals surface area (Å²) in [6.07, 6.45) is 0. The number of carbonyl (C=O) groups is 1. The molecule has 0 unspecified atom stereocenters. The van der Waals surface area contributed by atoms with E-state index < -0.39 is 5.91 Å². The van der Waals surface area contributed by atoms with E-state index in [9.17, 15) is 9.90 Å². The van der Waals surface area contributed by atoms with Gasteiger partial charge >= 0.3 is 0 Å². The van der Waals surface area contributed by atoms with Gasteiger partial charge in [-0.15, -0.1) is 10.2 Å². The van der Waals surface area contributed by atoms with Crippen LogP contribution in [-0.2, 0) is 0 Å². The Bertz CT molecular complexity index is 1470. The number of benzene rings is 3. The Morgan fingerprint density at radius 1 is 0.935 bits per heavy atom. The average molecular weight is 406 g/mol. The number of hydrogen-bond acceptors (Lipinski definition) is 4. The number of aromatic amines is 1. The van der Waals surface area contributed by atoms with Crippen LogP contribution < -0.4 is 0 Å². The molecule has 0 atom stereocenters. The van der Waals surface area contributed by atoms with Gasteiger partial charge < -0.3 is 10.1 Å². The zero-order valence-electron chi connectivity index (χ0n) is 16.7. The monoisotopic (exact) mass is 406 g/mol. The van der Waals surface area contributed by atoms with Crippen molar-refractivity contribution in [1.82, 2.24) is 9.97 Å². The van der Waals surface area contributed by atoms with E-state index in [0.29, 0.717) is 27.5 Å². The van der Waals surface area contributed by atoms with Crippen molar-refractivity contribution in [2.75, 3.05) is 0 Å². The Hall–Kier alpha value is -4.32. The molecule has 0 spiro atoms. The van der Waals surface area contributed by atoms with Crippen molar-refractivity contribution < 1.29 is 9.90 Å². The van der Waals surface area contributed by atoms with E-state index >= 15 is 0 Å². The van der Waals surface area contributed by atoms with Gasteiger partial charge in [-0.2, -0.15) is 0 Å². The first-order valence-corrected chi connectivity index (χ1v) is 9.83. The van der Waals surface area contributed by atoms with Gasteiger partial charge in [0.2, 0.25) is 5.88 Å². The second-order valence-corrected chi connectivity index (χ2v) is 7.31. The number of aryl methyl sites for hydroxylation is 1. The fourth-order valence-electron chi connectivity index (χ4n) is 3.59. The normalized spacial score (nSPS) is 11.5. The van der Waals surface area contributed by atoms with E-state index in [1.54, 1.807) is 6.07 Å². The molecule has 0 aliphatic heterocycles.